The minimum atomic E-state index is -0.104. The molecule has 0 saturated heterocycles. The molecule has 0 unspecified atom stereocenters. The van der Waals surface area contributed by atoms with Crippen LogP contribution in [0.1, 0.15) is 41.1 Å². The Bertz CT molecular complexity index is 484. The second-order valence-electron chi connectivity index (χ2n) is 4.84. The summed E-state index contributed by atoms with van der Waals surface area (Å²) in [5.74, 6) is 0.619. The molecule has 2 rings (SSSR count). The van der Waals surface area contributed by atoms with Crippen molar-refractivity contribution in [1.82, 2.24) is 16.2 Å². The molecule has 0 fully saturated rings. The summed E-state index contributed by atoms with van der Waals surface area (Å²) >= 11 is 6.69. The largest absolute Gasteiger partial charge is 0.362 e. The van der Waals surface area contributed by atoms with E-state index >= 15 is 0 Å². The van der Waals surface area contributed by atoms with Gasteiger partial charge in [0.1, 0.15) is 0 Å². The summed E-state index contributed by atoms with van der Waals surface area (Å²) in [6.07, 6.45) is 3.25. The summed E-state index contributed by atoms with van der Waals surface area (Å²) in [6, 6.07) is 0. The lowest BCUT2D eigenvalue weighted by molar-refractivity contribution is 0.0943. The van der Waals surface area contributed by atoms with Crippen LogP contribution in [0.3, 0.4) is 0 Å². The van der Waals surface area contributed by atoms with Crippen molar-refractivity contribution in [2.75, 3.05) is 6.54 Å². The van der Waals surface area contributed by atoms with E-state index in [9.17, 15) is 4.79 Å². The Hall–Kier alpha value is -1.14. The van der Waals surface area contributed by atoms with Crippen LogP contribution in [0.15, 0.2) is 5.38 Å². The highest BCUT2D eigenvalue weighted by atomic mass is 32.1. The molecule has 6 heteroatoms. The highest BCUT2D eigenvalue weighted by Gasteiger charge is 2.23. The zero-order valence-electron chi connectivity index (χ0n) is 11.2. The van der Waals surface area contributed by atoms with E-state index in [2.05, 4.69) is 23.1 Å². The number of hydrogen-bond donors (Lipinski definition) is 3. The van der Waals surface area contributed by atoms with Crippen LogP contribution in [0, 0.1) is 5.92 Å². The van der Waals surface area contributed by atoms with Crippen molar-refractivity contribution < 1.29 is 4.79 Å². The maximum absolute atomic E-state index is 12.1. The van der Waals surface area contributed by atoms with Crippen molar-refractivity contribution in [2.45, 2.75) is 33.1 Å². The number of rotatable bonds is 2. The fraction of sp³-hybridized carbons (Fsp3) is 0.538. The molecule has 1 aliphatic rings. The van der Waals surface area contributed by atoms with Gasteiger partial charge >= 0.3 is 0 Å². The summed E-state index contributed by atoms with van der Waals surface area (Å²) < 4.78 is 0. The Morgan fingerprint density at radius 1 is 1.53 bits per heavy atom. The highest BCUT2D eigenvalue weighted by molar-refractivity contribution is 7.80. The summed E-state index contributed by atoms with van der Waals surface area (Å²) in [7, 11) is 0. The van der Waals surface area contributed by atoms with Gasteiger partial charge in [0, 0.05) is 16.8 Å². The molecule has 1 aromatic heterocycles. The Labute approximate surface area is 122 Å². The van der Waals surface area contributed by atoms with E-state index in [1.807, 2.05) is 12.3 Å². The Morgan fingerprint density at radius 3 is 3.05 bits per heavy atom. The van der Waals surface area contributed by atoms with E-state index in [0.29, 0.717) is 5.11 Å². The number of fused-ring (bicyclic) bond motifs is 1. The molecular weight excluding hydrogens is 278 g/mol. The smallest absolute Gasteiger partial charge is 0.270 e. The van der Waals surface area contributed by atoms with E-state index in [4.69, 9.17) is 12.2 Å². The van der Waals surface area contributed by atoms with E-state index in [0.717, 1.165) is 37.3 Å². The van der Waals surface area contributed by atoms with Crippen LogP contribution in [0.5, 0.6) is 0 Å². The second kappa shape index (κ2) is 6.34. The van der Waals surface area contributed by atoms with Crippen molar-refractivity contribution in [2.24, 2.45) is 5.92 Å². The standard InChI is InChI=1S/C13H19N3OS2/c1-3-14-13(18)16-15-12(17)10-7-19-11-6-8(2)4-5-9(10)11/h7-8H,3-6H2,1-2H3,(H,15,17)(H2,14,16,18)/t8-/m1/s1. The molecule has 0 saturated carbocycles. The van der Waals surface area contributed by atoms with Gasteiger partial charge in [-0.3, -0.25) is 15.6 Å². The molecule has 0 spiro atoms. The van der Waals surface area contributed by atoms with Crippen molar-refractivity contribution in [3.63, 3.8) is 0 Å². The molecule has 19 heavy (non-hydrogen) atoms. The number of hydrogen-bond acceptors (Lipinski definition) is 3. The maximum Gasteiger partial charge on any atom is 0.270 e. The number of carbonyl (C=O) groups excluding carboxylic acids is 1. The number of carbonyl (C=O) groups is 1. The SMILES string of the molecule is CCNC(=S)NNC(=O)c1csc2c1CC[C@@H](C)C2. The van der Waals surface area contributed by atoms with Gasteiger partial charge in [0.05, 0.1) is 5.56 Å². The molecule has 0 aromatic carbocycles. The van der Waals surface area contributed by atoms with Gasteiger partial charge in [0.2, 0.25) is 0 Å². The number of thiocarbonyl (C=S) groups is 1. The molecule has 0 radical (unpaired) electrons. The first kappa shape index (κ1) is 14.3. The molecule has 4 nitrogen and oxygen atoms in total. The molecule has 0 bridgehead atoms. The Kier molecular flexibility index (Phi) is 4.76. The van der Waals surface area contributed by atoms with Crippen LogP contribution in [-0.4, -0.2) is 17.6 Å². The van der Waals surface area contributed by atoms with Crippen molar-refractivity contribution in [3.8, 4) is 0 Å². The zero-order chi connectivity index (χ0) is 13.8. The van der Waals surface area contributed by atoms with Gasteiger partial charge in [-0.15, -0.1) is 11.3 Å². The number of thiophene rings is 1. The topological polar surface area (TPSA) is 53.2 Å². The van der Waals surface area contributed by atoms with E-state index < -0.39 is 0 Å². The highest BCUT2D eigenvalue weighted by Crippen LogP contribution is 2.32. The number of hydrazine groups is 1. The molecular formula is C13H19N3OS2. The third-order valence-electron chi connectivity index (χ3n) is 3.27. The lowest BCUT2D eigenvalue weighted by atomic mass is 9.88. The summed E-state index contributed by atoms with van der Waals surface area (Å²) in [5.41, 5.74) is 7.37. The van der Waals surface area contributed by atoms with Crippen molar-refractivity contribution in [1.29, 1.82) is 0 Å². The van der Waals surface area contributed by atoms with Crippen LogP contribution < -0.4 is 16.2 Å². The lowest BCUT2D eigenvalue weighted by Gasteiger charge is -2.19. The zero-order valence-corrected chi connectivity index (χ0v) is 12.8. The summed E-state index contributed by atoms with van der Waals surface area (Å²) in [4.78, 5) is 13.5. The quantitative estimate of drug-likeness (QED) is 0.577. The predicted octanol–water partition coefficient (Wildman–Crippen LogP) is 2.00. The van der Waals surface area contributed by atoms with Crippen LogP contribution in [0.25, 0.3) is 0 Å². The van der Waals surface area contributed by atoms with Gasteiger partial charge in [-0.2, -0.15) is 0 Å². The van der Waals surface area contributed by atoms with Gasteiger partial charge in [0.25, 0.3) is 5.91 Å². The molecule has 1 atom stereocenters. The Balaban J connectivity index is 1.99. The van der Waals surface area contributed by atoms with Crippen LogP contribution in [0.4, 0.5) is 0 Å². The monoisotopic (exact) mass is 297 g/mol. The van der Waals surface area contributed by atoms with Crippen LogP contribution in [0.2, 0.25) is 0 Å². The minimum absolute atomic E-state index is 0.104. The third-order valence-corrected chi connectivity index (χ3v) is 4.57. The third kappa shape index (κ3) is 3.45. The first-order valence-corrected chi connectivity index (χ1v) is 7.84. The molecule has 1 heterocycles. The Morgan fingerprint density at radius 2 is 2.32 bits per heavy atom. The van der Waals surface area contributed by atoms with E-state index in [1.54, 1.807) is 11.3 Å². The molecule has 1 aromatic rings. The van der Waals surface area contributed by atoms with Crippen molar-refractivity contribution in [3.05, 3.63) is 21.4 Å². The number of nitrogens with one attached hydrogen (secondary N) is 3. The normalized spacial score (nSPS) is 17.5. The van der Waals surface area contributed by atoms with Crippen molar-refractivity contribution >= 4 is 34.6 Å². The predicted molar refractivity (Wildman–Crippen MR) is 82.4 cm³/mol. The maximum atomic E-state index is 12.1. The molecule has 104 valence electrons. The fourth-order valence-corrected chi connectivity index (χ4v) is 3.69. The van der Waals surface area contributed by atoms with Gasteiger partial charge in [0.15, 0.2) is 5.11 Å². The fourth-order valence-electron chi connectivity index (χ4n) is 2.25. The first-order valence-electron chi connectivity index (χ1n) is 6.55. The first-order chi connectivity index (χ1) is 9.11. The molecule has 0 aliphatic heterocycles. The van der Waals surface area contributed by atoms with Gasteiger partial charge in [-0.25, -0.2) is 0 Å². The summed E-state index contributed by atoms with van der Waals surface area (Å²) in [5, 5.41) is 5.32. The second-order valence-corrected chi connectivity index (χ2v) is 6.21. The molecule has 3 N–H and O–H groups in total. The van der Waals surface area contributed by atoms with Crippen LogP contribution >= 0.6 is 23.6 Å². The van der Waals surface area contributed by atoms with E-state index in [1.165, 1.54) is 10.4 Å². The van der Waals surface area contributed by atoms with Gasteiger partial charge in [-0.05, 0) is 49.9 Å². The average Bonchev–Trinajstić information content (AvgIpc) is 2.79. The minimum Gasteiger partial charge on any atom is -0.362 e. The van der Waals surface area contributed by atoms with Crippen LogP contribution in [-0.2, 0) is 12.8 Å². The number of amides is 1. The average molecular weight is 297 g/mol. The molecule has 1 amide bonds. The molecule has 1 aliphatic carbocycles. The van der Waals surface area contributed by atoms with Gasteiger partial charge < -0.3 is 5.32 Å². The van der Waals surface area contributed by atoms with E-state index in [-0.39, 0.29) is 5.91 Å². The lowest BCUT2D eigenvalue weighted by Crippen LogP contribution is -2.46. The summed E-state index contributed by atoms with van der Waals surface area (Å²) in [6.45, 7) is 4.94. The van der Waals surface area contributed by atoms with Gasteiger partial charge in [-0.1, -0.05) is 6.92 Å².